The molecule has 1 atom stereocenters. The van der Waals surface area contributed by atoms with E-state index in [4.69, 9.17) is 14.6 Å². The lowest BCUT2D eigenvalue weighted by molar-refractivity contribution is -0.114. The highest BCUT2D eigenvalue weighted by molar-refractivity contribution is 4.57. The van der Waals surface area contributed by atoms with E-state index in [0.717, 1.165) is 19.5 Å². The summed E-state index contributed by atoms with van der Waals surface area (Å²) in [7, 11) is 5.22. The van der Waals surface area contributed by atoms with E-state index >= 15 is 0 Å². The molecule has 0 saturated heterocycles. The fraction of sp³-hybridized carbons (Fsp3) is 1.00. The summed E-state index contributed by atoms with van der Waals surface area (Å²) in [6.45, 7) is 3.36. The van der Waals surface area contributed by atoms with Crippen molar-refractivity contribution >= 4 is 0 Å². The number of methoxy groups -OCH3 is 2. The summed E-state index contributed by atoms with van der Waals surface area (Å²) in [6.07, 6.45) is 0.349. The van der Waals surface area contributed by atoms with Crippen LogP contribution >= 0.6 is 0 Å². The van der Waals surface area contributed by atoms with Crippen LogP contribution in [0.15, 0.2) is 0 Å². The van der Waals surface area contributed by atoms with Crippen LogP contribution in [0.25, 0.3) is 0 Å². The molecule has 1 unspecified atom stereocenters. The summed E-state index contributed by atoms with van der Waals surface area (Å²) in [6, 6.07) is 0. The molecule has 0 fully saturated rings. The first kappa shape index (κ1) is 12.8. The molecule has 0 bridgehead atoms. The second-order valence-corrected chi connectivity index (χ2v) is 3.30. The minimum Gasteiger partial charge on any atom is -0.393 e. The predicted molar refractivity (Wildman–Crippen MR) is 51.6 cm³/mol. The van der Waals surface area contributed by atoms with Crippen molar-refractivity contribution in [2.75, 3.05) is 34.4 Å². The number of hydrogen-bond donors (Lipinski definition) is 1. The van der Waals surface area contributed by atoms with E-state index in [1.54, 1.807) is 21.1 Å². The molecule has 0 aliphatic carbocycles. The van der Waals surface area contributed by atoms with Gasteiger partial charge in [-0.25, -0.2) is 0 Å². The van der Waals surface area contributed by atoms with Gasteiger partial charge >= 0.3 is 0 Å². The maximum Gasteiger partial charge on any atom is 0.169 e. The van der Waals surface area contributed by atoms with Gasteiger partial charge in [0.1, 0.15) is 0 Å². The minimum absolute atomic E-state index is 0.181. The number of rotatable bonds is 7. The summed E-state index contributed by atoms with van der Waals surface area (Å²) in [5, 5.41) is 9.06. The Hall–Kier alpha value is -0.160. The van der Waals surface area contributed by atoms with Crippen LogP contribution in [0.3, 0.4) is 0 Å². The molecule has 13 heavy (non-hydrogen) atoms. The first-order valence-corrected chi connectivity index (χ1v) is 4.52. The van der Waals surface area contributed by atoms with Gasteiger partial charge < -0.3 is 19.5 Å². The normalized spacial score (nSPS) is 14.1. The number of aliphatic hydroxyl groups excluding tert-OH is 1. The fourth-order valence-corrected chi connectivity index (χ4v) is 0.998. The maximum absolute atomic E-state index is 9.06. The SMILES string of the molecule is COC(CN(C)CCC(C)O)OC. The fourth-order valence-electron chi connectivity index (χ4n) is 0.998. The van der Waals surface area contributed by atoms with Crippen molar-refractivity contribution in [2.45, 2.75) is 25.7 Å². The van der Waals surface area contributed by atoms with Crippen LogP contribution < -0.4 is 0 Å². The highest BCUT2D eigenvalue weighted by atomic mass is 16.7. The third-order valence-electron chi connectivity index (χ3n) is 1.92. The van der Waals surface area contributed by atoms with Crippen molar-refractivity contribution in [3.8, 4) is 0 Å². The van der Waals surface area contributed by atoms with Crippen molar-refractivity contribution in [3.05, 3.63) is 0 Å². The molecule has 0 radical (unpaired) electrons. The minimum atomic E-state index is -0.244. The maximum atomic E-state index is 9.06. The van der Waals surface area contributed by atoms with Gasteiger partial charge in [-0.3, -0.25) is 0 Å². The molecule has 1 N–H and O–H groups in total. The average Bonchev–Trinajstić information content (AvgIpc) is 2.10. The van der Waals surface area contributed by atoms with E-state index in [1.807, 2.05) is 7.05 Å². The number of likely N-dealkylation sites (N-methyl/N-ethyl adjacent to an activating group) is 1. The van der Waals surface area contributed by atoms with Crippen molar-refractivity contribution in [1.29, 1.82) is 0 Å². The quantitative estimate of drug-likeness (QED) is 0.588. The molecule has 0 aromatic rings. The van der Waals surface area contributed by atoms with Gasteiger partial charge in [0, 0.05) is 27.3 Å². The molecule has 80 valence electrons. The van der Waals surface area contributed by atoms with Gasteiger partial charge in [-0.2, -0.15) is 0 Å². The number of hydrogen-bond acceptors (Lipinski definition) is 4. The Morgan fingerprint density at radius 1 is 1.31 bits per heavy atom. The standard InChI is InChI=1S/C9H21NO3/c1-8(11)5-6-10(2)7-9(12-3)13-4/h8-9,11H,5-7H2,1-4H3. The van der Waals surface area contributed by atoms with E-state index in [9.17, 15) is 0 Å². The van der Waals surface area contributed by atoms with Crippen molar-refractivity contribution in [1.82, 2.24) is 4.90 Å². The molecule has 0 aliphatic rings. The lowest BCUT2D eigenvalue weighted by atomic mass is 10.3. The molecule has 4 heteroatoms. The van der Waals surface area contributed by atoms with Crippen molar-refractivity contribution in [2.24, 2.45) is 0 Å². The van der Waals surface area contributed by atoms with E-state index in [1.165, 1.54) is 0 Å². The Balaban J connectivity index is 3.53. The summed E-state index contributed by atoms with van der Waals surface area (Å²) >= 11 is 0. The van der Waals surface area contributed by atoms with Crippen LogP contribution in [0.5, 0.6) is 0 Å². The Morgan fingerprint density at radius 2 is 1.85 bits per heavy atom. The average molecular weight is 191 g/mol. The van der Waals surface area contributed by atoms with E-state index < -0.39 is 0 Å². The molecule has 0 saturated carbocycles. The van der Waals surface area contributed by atoms with Crippen molar-refractivity contribution in [3.63, 3.8) is 0 Å². The Morgan fingerprint density at radius 3 is 2.23 bits per heavy atom. The molecule has 0 aliphatic heterocycles. The van der Waals surface area contributed by atoms with Gasteiger partial charge in [-0.1, -0.05) is 0 Å². The molecule has 0 heterocycles. The lowest BCUT2D eigenvalue weighted by Crippen LogP contribution is -2.33. The van der Waals surface area contributed by atoms with E-state index in [2.05, 4.69) is 4.90 Å². The zero-order chi connectivity index (χ0) is 10.3. The van der Waals surface area contributed by atoms with Crippen LogP contribution in [-0.4, -0.2) is 56.8 Å². The molecule has 0 aromatic carbocycles. The van der Waals surface area contributed by atoms with Crippen LogP contribution in [0, 0.1) is 0 Å². The number of ether oxygens (including phenoxy) is 2. The second-order valence-electron chi connectivity index (χ2n) is 3.30. The summed E-state index contributed by atoms with van der Waals surface area (Å²) in [5.74, 6) is 0. The van der Waals surface area contributed by atoms with E-state index in [0.29, 0.717) is 0 Å². The van der Waals surface area contributed by atoms with Gasteiger partial charge in [-0.05, 0) is 20.4 Å². The van der Waals surface area contributed by atoms with Crippen molar-refractivity contribution < 1.29 is 14.6 Å². The van der Waals surface area contributed by atoms with Crippen LogP contribution in [0.1, 0.15) is 13.3 Å². The topological polar surface area (TPSA) is 41.9 Å². The second kappa shape index (κ2) is 7.26. The monoisotopic (exact) mass is 191 g/mol. The zero-order valence-corrected chi connectivity index (χ0v) is 8.99. The lowest BCUT2D eigenvalue weighted by Gasteiger charge is -2.22. The predicted octanol–water partition coefficient (Wildman–Crippen LogP) is 0.308. The first-order valence-electron chi connectivity index (χ1n) is 4.52. The van der Waals surface area contributed by atoms with Gasteiger partial charge in [0.25, 0.3) is 0 Å². The number of nitrogens with zero attached hydrogens (tertiary/aromatic N) is 1. The summed E-state index contributed by atoms with van der Waals surface area (Å²) < 4.78 is 10.1. The van der Waals surface area contributed by atoms with Crippen LogP contribution in [-0.2, 0) is 9.47 Å². The highest BCUT2D eigenvalue weighted by Crippen LogP contribution is 1.97. The molecule has 0 amide bonds. The first-order chi connectivity index (χ1) is 6.10. The highest BCUT2D eigenvalue weighted by Gasteiger charge is 2.09. The van der Waals surface area contributed by atoms with Gasteiger partial charge in [0.05, 0.1) is 6.10 Å². The van der Waals surface area contributed by atoms with Gasteiger partial charge in [-0.15, -0.1) is 0 Å². The summed E-state index contributed by atoms with van der Waals surface area (Å²) in [5.41, 5.74) is 0. The molecular formula is C9H21NO3. The smallest absolute Gasteiger partial charge is 0.169 e. The third kappa shape index (κ3) is 6.95. The van der Waals surface area contributed by atoms with Gasteiger partial charge in [0.2, 0.25) is 0 Å². The number of aliphatic hydroxyl groups is 1. The molecular weight excluding hydrogens is 170 g/mol. The summed E-state index contributed by atoms with van der Waals surface area (Å²) in [4.78, 5) is 2.07. The zero-order valence-electron chi connectivity index (χ0n) is 8.99. The Kier molecular flexibility index (Phi) is 7.17. The Bertz CT molecular complexity index is 115. The molecule has 4 nitrogen and oxygen atoms in total. The molecule has 0 rings (SSSR count). The van der Waals surface area contributed by atoms with Crippen LogP contribution in [0.4, 0.5) is 0 Å². The van der Waals surface area contributed by atoms with E-state index in [-0.39, 0.29) is 12.4 Å². The molecule has 0 spiro atoms. The third-order valence-corrected chi connectivity index (χ3v) is 1.92. The van der Waals surface area contributed by atoms with Crippen LogP contribution in [0.2, 0.25) is 0 Å². The molecule has 0 aromatic heterocycles. The van der Waals surface area contributed by atoms with Gasteiger partial charge in [0.15, 0.2) is 6.29 Å². The Labute approximate surface area is 80.4 Å². The largest absolute Gasteiger partial charge is 0.393 e.